The predicted octanol–water partition coefficient (Wildman–Crippen LogP) is 5.64. The van der Waals surface area contributed by atoms with Crippen LogP contribution in [0.4, 0.5) is 13.2 Å². The summed E-state index contributed by atoms with van der Waals surface area (Å²) in [5.41, 5.74) is 1.14. The fourth-order valence-electron chi connectivity index (χ4n) is 4.09. The minimum absolute atomic E-state index is 0.0959. The summed E-state index contributed by atoms with van der Waals surface area (Å²) >= 11 is 12.1. The first-order chi connectivity index (χ1) is 15.6. The average molecular weight is 497 g/mol. The molecule has 0 radical (unpaired) electrons. The summed E-state index contributed by atoms with van der Waals surface area (Å²) in [5.74, 6) is -0.762. The van der Waals surface area contributed by atoms with Crippen LogP contribution in [-0.4, -0.2) is 28.3 Å². The summed E-state index contributed by atoms with van der Waals surface area (Å²) in [6.45, 7) is 0.782. The summed E-state index contributed by atoms with van der Waals surface area (Å²) < 4.78 is 41.7. The minimum Gasteiger partial charge on any atom is -0.344 e. The lowest BCUT2D eigenvalue weighted by molar-refractivity contribution is -0.137. The second kappa shape index (κ2) is 9.37. The van der Waals surface area contributed by atoms with Crippen LogP contribution in [0, 0.1) is 0 Å². The lowest BCUT2D eigenvalue weighted by Gasteiger charge is -2.26. The van der Waals surface area contributed by atoms with Crippen LogP contribution in [0.2, 0.25) is 10.0 Å². The summed E-state index contributed by atoms with van der Waals surface area (Å²) in [7, 11) is 1.82. The Bertz CT molecular complexity index is 1170. The average Bonchev–Trinajstić information content (AvgIpc) is 3.43. The third-order valence-electron chi connectivity index (χ3n) is 5.69. The van der Waals surface area contributed by atoms with E-state index in [1.54, 1.807) is 10.9 Å². The molecule has 2 heterocycles. The van der Waals surface area contributed by atoms with Gasteiger partial charge >= 0.3 is 6.18 Å². The van der Waals surface area contributed by atoms with E-state index in [1.807, 2.05) is 37.5 Å². The van der Waals surface area contributed by atoms with Crippen molar-refractivity contribution in [2.45, 2.75) is 31.1 Å². The van der Waals surface area contributed by atoms with Crippen molar-refractivity contribution in [3.8, 4) is 11.1 Å². The van der Waals surface area contributed by atoms with E-state index in [1.165, 1.54) is 0 Å². The number of amides is 1. The predicted molar refractivity (Wildman–Crippen MR) is 121 cm³/mol. The van der Waals surface area contributed by atoms with Crippen LogP contribution in [-0.2, 0) is 13.2 Å². The molecule has 1 aliphatic rings. The van der Waals surface area contributed by atoms with Gasteiger partial charge in [-0.05, 0) is 48.7 Å². The van der Waals surface area contributed by atoms with E-state index in [0.29, 0.717) is 0 Å². The zero-order chi connectivity index (χ0) is 23.8. The monoisotopic (exact) mass is 496 g/mol. The minimum atomic E-state index is -4.71. The molecular weight excluding hydrogens is 476 g/mol. The maximum Gasteiger partial charge on any atom is 0.417 e. The highest BCUT2D eigenvalue weighted by Crippen LogP contribution is 2.39. The molecule has 10 heteroatoms. The number of benzene rings is 2. The van der Waals surface area contributed by atoms with Gasteiger partial charge in [-0.3, -0.25) is 9.48 Å². The van der Waals surface area contributed by atoms with E-state index < -0.39 is 28.7 Å². The SMILES string of the molecule is Cn1cc(-c2cccc([C@H](NC(=O)c3c(Cl)ccc(C(F)(F)F)c3Cl)[C@@H]3CCCN3)c2)cn1. The zero-order valence-corrected chi connectivity index (χ0v) is 19.1. The smallest absolute Gasteiger partial charge is 0.344 e. The zero-order valence-electron chi connectivity index (χ0n) is 17.6. The molecule has 0 saturated carbocycles. The normalized spacial score (nSPS) is 17.2. The molecule has 1 saturated heterocycles. The van der Waals surface area contributed by atoms with Gasteiger partial charge in [-0.25, -0.2) is 0 Å². The van der Waals surface area contributed by atoms with Gasteiger partial charge < -0.3 is 10.6 Å². The maximum absolute atomic E-state index is 13.3. The van der Waals surface area contributed by atoms with Gasteiger partial charge in [0.2, 0.25) is 0 Å². The number of carbonyl (C=O) groups is 1. The second-order valence-corrected chi connectivity index (χ2v) is 8.75. The van der Waals surface area contributed by atoms with Gasteiger partial charge in [0.15, 0.2) is 0 Å². The highest BCUT2D eigenvalue weighted by atomic mass is 35.5. The Morgan fingerprint density at radius 2 is 2.03 bits per heavy atom. The number of nitrogens with zero attached hydrogens (tertiary/aromatic N) is 2. The molecule has 2 N–H and O–H groups in total. The standard InChI is InChI=1S/C23H21Cl2F3N4O/c1-32-12-15(11-30-32)13-4-2-5-14(10-13)21(18-6-3-9-29-18)31-22(33)19-17(24)8-7-16(20(19)25)23(26,27)28/h2,4-5,7-8,10-12,18,21,29H,3,6,9H2,1H3,(H,31,33)/t18-,21-/m0/s1. The Kier molecular flexibility index (Phi) is 6.70. The quantitative estimate of drug-likeness (QED) is 0.480. The molecule has 1 amide bonds. The molecule has 0 bridgehead atoms. The highest BCUT2D eigenvalue weighted by Gasteiger charge is 2.36. The van der Waals surface area contributed by atoms with Crippen LogP contribution in [0.5, 0.6) is 0 Å². The van der Waals surface area contributed by atoms with Crippen molar-refractivity contribution in [3.63, 3.8) is 0 Å². The van der Waals surface area contributed by atoms with Gasteiger partial charge in [0, 0.05) is 24.8 Å². The maximum atomic E-state index is 13.3. The summed E-state index contributed by atoms with van der Waals surface area (Å²) in [4.78, 5) is 13.2. The Hall–Kier alpha value is -2.55. The Morgan fingerprint density at radius 1 is 1.24 bits per heavy atom. The van der Waals surface area contributed by atoms with E-state index in [0.717, 1.165) is 48.2 Å². The van der Waals surface area contributed by atoms with Crippen LogP contribution in [0.3, 0.4) is 0 Å². The fourth-order valence-corrected chi connectivity index (χ4v) is 4.74. The fraction of sp³-hybridized carbons (Fsp3) is 0.304. The van der Waals surface area contributed by atoms with E-state index in [4.69, 9.17) is 23.2 Å². The highest BCUT2D eigenvalue weighted by molar-refractivity contribution is 6.40. The van der Waals surface area contributed by atoms with Gasteiger partial charge in [-0.15, -0.1) is 0 Å². The lowest BCUT2D eigenvalue weighted by atomic mass is 9.94. The van der Waals surface area contributed by atoms with Crippen molar-refractivity contribution >= 4 is 29.1 Å². The molecule has 2 atom stereocenters. The molecule has 2 aromatic carbocycles. The Morgan fingerprint density at radius 3 is 2.67 bits per heavy atom. The summed E-state index contributed by atoms with van der Waals surface area (Å²) in [6, 6.07) is 8.83. The number of hydrogen-bond donors (Lipinski definition) is 2. The number of halogens is 5. The van der Waals surface area contributed by atoms with Crippen molar-refractivity contribution in [2.75, 3.05) is 6.54 Å². The van der Waals surface area contributed by atoms with Crippen molar-refractivity contribution in [1.29, 1.82) is 0 Å². The number of alkyl halides is 3. The summed E-state index contributed by atoms with van der Waals surface area (Å²) in [5, 5.41) is 9.58. The number of nitrogens with one attached hydrogen (secondary N) is 2. The molecule has 0 unspecified atom stereocenters. The number of hydrogen-bond acceptors (Lipinski definition) is 3. The molecule has 1 fully saturated rings. The Labute approximate surface area is 198 Å². The van der Waals surface area contributed by atoms with Crippen LogP contribution < -0.4 is 10.6 Å². The van der Waals surface area contributed by atoms with Crippen LogP contribution in [0.1, 0.15) is 40.4 Å². The van der Waals surface area contributed by atoms with E-state index in [-0.39, 0.29) is 16.6 Å². The molecule has 4 rings (SSSR count). The van der Waals surface area contributed by atoms with Gasteiger partial charge in [0.05, 0.1) is 33.4 Å². The van der Waals surface area contributed by atoms with Crippen molar-refractivity contribution in [2.24, 2.45) is 7.05 Å². The molecule has 33 heavy (non-hydrogen) atoms. The van der Waals surface area contributed by atoms with Crippen LogP contribution in [0.15, 0.2) is 48.8 Å². The van der Waals surface area contributed by atoms with Gasteiger partial charge in [-0.2, -0.15) is 18.3 Å². The molecule has 5 nitrogen and oxygen atoms in total. The number of rotatable bonds is 5. The van der Waals surface area contributed by atoms with E-state index >= 15 is 0 Å². The molecule has 0 spiro atoms. The first-order valence-electron chi connectivity index (χ1n) is 10.3. The van der Waals surface area contributed by atoms with Crippen LogP contribution >= 0.6 is 23.2 Å². The molecule has 1 aliphatic heterocycles. The number of aromatic nitrogens is 2. The topological polar surface area (TPSA) is 59.0 Å². The van der Waals surface area contributed by atoms with Crippen molar-refractivity contribution in [3.05, 3.63) is 75.5 Å². The largest absolute Gasteiger partial charge is 0.417 e. The first kappa shape index (κ1) is 23.6. The summed E-state index contributed by atoms with van der Waals surface area (Å²) in [6.07, 6.45) is 0.628. The molecule has 174 valence electrons. The third kappa shape index (κ3) is 5.03. The van der Waals surface area contributed by atoms with E-state index in [2.05, 4.69) is 15.7 Å². The van der Waals surface area contributed by atoms with Gasteiger partial charge in [-0.1, -0.05) is 41.4 Å². The lowest BCUT2D eigenvalue weighted by Crippen LogP contribution is -2.41. The van der Waals surface area contributed by atoms with E-state index in [9.17, 15) is 18.0 Å². The molecule has 3 aromatic rings. The third-order valence-corrected chi connectivity index (χ3v) is 6.40. The number of carbonyl (C=O) groups excluding carboxylic acids is 1. The number of aryl methyl sites for hydroxylation is 1. The van der Waals surface area contributed by atoms with Crippen LogP contribution in [0.25, 0.3) is 11.1 Å². The molecular formula is C23H21Cl2F3N4O. The molecule has 0 aliphatic carbocycles. The molecule has 1 aromatic heterocycles. The Balaban J connectivity index is 1.70. The van der Waals surface area contributed by atoms with Gasteiger partial charge in [0.1, 0.15) is 0 Å². The van der Waals surface area contributed by atoms with Crippen molar-refractivity contribution < 1.29 is 18.0 Å². The van der Waals surface area contributed by atoms with Crippen molar-refractivity contribution in [1.82, 2.24) is 20.4 Å². The second-order valence-electron chi connectivity index (χ2n) is 7.96. The first-order valence-corrected chi connectivity index (χ1v) is 11.1. The van der Waals surface area contributed by atoms with Gasteiger partial charge in [0.25, 0.3) is 5.91 Å².